The van der Waals surface area contributed by atoms with E-state index < -0.39 is 28.1 Å². The summed E-state index contributed by atoms with van der Waals surface area (Å²) in [6, 6.07) is 0. The molecule has 0 saturated carbocycles. The van der Waals surface area contributed by atoms with Gasteiger partial charge in [0.25, 0.3) is 5.92 Å². The maximum absolute atomic E-state index is 13.3. The van der Waals surface area contributed by atoms with Gasteiger partial charge in [0.15, 0.2) is 9.84 Å². The van der Waals surface area contributed by atoms with Gasteiger partial charge in [0.2, 0.25) is 0 Å². The van der Waals surface area contributed by atoms with E-state index in [-0.39, 0.29) is 24.5 Å². The van der Waals surface area contributed by atoms with E-state index in [4.69, 9.17) is 5.73 Å². The average Bonchev–Trinajstić information content (AvgIpc) is 2.02. The van der Waals surface area contributed by atoms with E-state index in [1.54, 1.807) is 0 Å². The predicted molar refractivity (Wildman–Crippen MR) is 50.0 cm³/mol. The molecule has 14 heavy (non-hydrogen) atoms. The minimum atomic E-state index is -3.25. The number of nitrogens with two attached hydrogens (primary N) is 1. The van der Waals surface area contributed by atoms with Crippen LogP contribution in [0.15, 0.2) is 0 Å². The van der Waals surface area contributed by atoms with Crippen molar-refractivity contribution in [2.24, 2.45) is 11.7 Å². The van der Waals surface area contributed by atoms with E-state index in [0.29, 0.717) is 6.42 Å². The molecular formula is C8H15F2NO2S. The summed E-state index contributed by atoms with van der Waals surface area (Å²) in [4.78, 5) is 0. The second-order valence-electron chi connectivity index (χ2n) is 3.75. The van der Waals surface area contributed by atoms with E-state index in [0.717, 1.165) is 0 Å². The number of hydrogen-bond donors (Lipinski definition) is 1. The molecule has 0 aliphatic carbocycles. The molecule has 2 N–H and O–H groups in total. The van der Waals surface area contributed by atoms with Gasteiger partial charge in [-0.3, -0.25) is 0 Å². The highest BCUT2D eigenvalue weighted by molar-refractivity contribution is 7.91. The molecule has 1 rings (SSSR count). The molecule has 1 unspecified atom stereocenters. The first kappa shape index (κ1) is 11.8. The van der Waals surface area contributed by atoms with Crippen LogP contribution in [0.4, 0.5) is 8.78 Å². The molecule has 0 aromatic rings. The van der Waals surface area contributed by atoms with E-state index >= 15 is 0 Å². The first-order valence-electron chi connectivity index (χ1n) is 4.66. The third kappa shape index (κ3) is 2.88. The van der Waals surface area contributed by atoms with Crippen molar-refractivity contribution in [3.63, 3.8) is 0 Å². The van der Waals surface area contributed by atoms with E-state index in [1.165, 1.54) is 0 Å². The Kier molecular flexibility index (Phi) is 3.47. The number of hydrogen-bond acceptors (Lipinski definition) is 3. The Balaban J connectivity index is 2.69. The highest BCUT2D eigenvalue weighted by Gasteiger charge is 2.42. The van der Waals surface area contributed by atoms with Crippen molar-refractivity contribution in [1.82, 2.24) is 0 Å². The summed E-state index contributed by atoms with van der Waals surface area (Å²) in [7, 11) is -3.25. The standard InChI is InChI=1S/C8H15F2NO2S/c9-8(10,3-4-11)7-2-1-5-14(12,13)6-7/h7H,1-6,11H2. The molecule has 1 aliphatic heterocycles. The Morgan fingerprint density at radius 3 is 2.57 bits per heavy atom. The van der Waals surface area contributed by atoms with Gasteiger partial charge in [0, 0.05) is 12.3 Å². The molecule has 1 heterocycles. The van der Waals surface area contributed by atoms with E-state index in [1.807, 2.05) is 0 Å². The SMILES string of the molecule is NCCC(F)(F)C1CCCS(=O)(=O)C1. The van der Waals surface area contributed by atoms with Crippen molar-refractivity contribution >= 4 is 9.84 Å². The van der Waals surface area contributed by atoms with Crippen molar-refractivity contribution in [3.8, 4) is 0 Å². The molecule has 1 fully saturated rings. The average molecular weight is 227 g/mol. The quantitative estimate of drug-likeness (QED) is 0.775. The fourth-order valence-corrected chi connectivity index (χ4v) is 3.55. The Labute approximate surface area is 82.6 Å². The van der Waals surface area contributed by atoms with Gasteiger partial charge in [-0.1, -0.05) is 0 Å². The van der Waals surface area contributed by atoms with Gasteiger partial charge in [0.05, 0.1) is 11.5 Å². The fourth-order valence-electron chi connectivity index (χ4n) is 1.75. The molecule has 0 aromatic heterocycles. The summed E-state index contributed by atoms with van der Waals surface area (Å²) in [6.07, 6.45) is 0.201. The van der Waals surface area contributed by atoms with Crippen molar-refractivity contribution in [2.75, 3.05) is 18.1 Å². The van der Waals surface area contributed by atoms with E-state index in [2.05, 4.69) is 0 Å². The second kappa shape index (κ2) is 4.10. The second-order valence-corrected chi connectivity index (χ2v) is 5.98. The molecule has 1 atom stereocenters. The lowest BCUT2D eigenvalue weighted by Crippen LogP contribution is -2.39. The maximum atomic E-state index is 13.3. The Hall–Kier alpha value is -0.230. The summed E-state index contributed by atoms with van der Waals surface area (Å²) in [5.74, 6) is -4.31. The van der Waals surface area contributed by atoms with Crippen LogP contribution in [0, 0.1) is 5.92 Å². The number of alkyl halides is 2. The van der Waals surface area contributed by atoms with Crippen molar-refractivity contribution in [1.29, 1.82) is 0 Å². The zero-order valence-corrected chi connectivity index (χ0v) is 8.69. The van der Waals surface area contributed by atoms with E-state index in [9.17, 15) is 17.2 Å². The van der Waals surface area contributed by atoms with Crippen molar-refractivity contribution in [3.05, 3.63) is 0 Å². The number of sulfone groups is 1. The highest BCUT2D eigenvalue weighted by Crippen LogP contribution is 2.35. The molecular weight excluding hydrogens is 212 g/mol. The molecule has 0 bridgehead atoms. The first-order chi connectivity index (χ1) is 6.37. The molecule has 1 aliphatic rings. The van der Waals surface area contributed by atoms with Crippen LogP contribution in [0.5, 0.6) is 0 Å². The summed E-state index contributed by atoms with van der Waals surface area (Å²) in [5.41, 5.74) is 5.06. The monoisotopic (exact) mass is 227 g/mol. The van der Waals surface area contributed by atoms with Crippen LogP contribution in [0.3, 0.4) is 0 Å². The van der Waals surface area contributed by atoms with Gasteiger partial charge < -0.3 is 5.73 Å². The Morgan fingerprint density at radius 1 is 1.43 bits per heavy atom. The summed E-state index contributed by atoms with van der Waals surface area (Å²) in [5, 5.41) is 0. The highest BCUT2D eigenvalue weighted by atomic mass is 32.2. The number of halogens is 2. The lowest BCUT2D eigenvalue weighted by molar-refractivity contribution is -0.0591. The van der Waals surface area contributed by atoms with Gasteiger partial charge in [-0.15, -0.1) is 0 Å². The molecule has 0 radical (unpaired) electrons. The zero-order chi connectivity index (χ0) is 10.8. The number of rotatable bonds is 3. The first-order valence-corrected chi connectivity index (χ1v) is 6.48. The topological polar surface area (TPSA) is 60.2 Å². The molecule has 84 valence electrons. The smallest absolute Gasteiger partial charge is 0.253 e. The minimum absolute atomic E-state index is 0.0439. The largest absolute Gasteiger partial charge is 0.330 e. The molecule has 0 spiro atoms. The minimum Gasteiger partial charge on any atom is -0.330 e. The van der Waals surface area contributed by atoms with Gasteiger partial charge in [-0.05, 0) is 19.4 Å². The molecule has 0 amide bonds. The van der Waals surface area contributed by atoms with Gasteiger partial charge in [0.1, 0.15) is 0 Å². The molecule has 3 nitrogen and oxygen atoms in total. The third-order valence-corrected chi connectivity index (χ3v) is 4.36. The van der Waals surface area contributed by atoms with Crippen LogP contribution in [-0.4, -0.2) is 32.4 Å². The Bertz CT molecular complexity index is 290. The lowest BCUT2D eigenvalue weighted by atomic mass is 9.95. The van der Waals surface area contributed by atoms with Crippen LogP contribution in [0.2, 0.25) is 0 Å². The van der Waals surface area contributed by atoms with Gasteiger partial charge in [-0.2, -0.15) is 0 Å². The third-order valence-electron chi connectivity index (χ3n) is 2.54. The van der Waals surface area contributed by atoms with Gasteiger partial charge in [-0.25, -0.2) is 17.2 Å². The summed E-state index contributed by atoms with van der Waals surface area (Å²) >= 11 is 0. The summed E-state index contributed by atoms with van der Waals surface area (Å²) < 4.78 is 48.9. The molecule has 0 aromatic carbocycles. The van der Waals surface area contributed by atoms with Gasteiger partial charge >= 0.3 is 0 Å². The van der Waals surface area contributed by atoms with Crippen LogP contribution in [0.25, 0.3) is 0 Å². The van der Waals surface area contributed by atoms with Crippen LogP contribution in [0.1, 0.15) is 19.3 Å². The zero-order valence-electron chi connectivity index (χ0n) is 7.88. The normalized spacial score (nSPS) is 27.5. The summed E-state index contributed by atoms with van der Waals surface area (Å²) in [6.45, 7) is -0.108. The van der Waals surface area contributed by atoms with Crippen molar-refractivity contribution in [2.45, 2.75) is 25.2 Å². The fraction of sp³-hybridized carbons (Fsp3) is 1.00. The molecule has 6 heteroatoms. The van der Waals surface area contributed by atoms with Crippen molar-refractivity contribution < 1.29 is 17.2 Å². The predicted octanol–water partition coefficient (Wildman–Crippen LogP) is 0.795. The maximum Gasteiger partial charge on any atom is 0.253 e. The Morgan fingerprint density at radius 2 is 2.07 bits per heavy atom. The van der Waals surface area contributed by atoms with Crippen LogP contribution >= 0.6 is 0 Å². The lowest BCUT2D eigenvalue weighted by Gasteiger charge is -2.29. The molecule has 1 saturated heterocycles. The van der Waals surface area contributed by atoms with Crippen LogP contribution < -0.4 is 5.73 Å². The van der Waals surface area contributed by atoms with Crippen LogP contribution in [-0.2, 0) is 9.84 Å².